The van der Waals surface area contributed by atoms with Gasteiger partial charge in [0, 0.05) is 24.4 Å². The second-order valence-corrected chi connectivity index (χ2v) is 6.66. The minimum absolute atomic E-state index is 0.113. The number of hydrogen-bond acceptors (Lipinski definition) is 3. The highest BCUT2D eigenvalue weighted by Gasteiger charge is 2.15. The van der Waals surface area contributed by atoms with Crippen LogP contribution in [0.4, 0.5) is 8.78 Å². The Hall–Kier alpha value is -1.76. The van der Waals surface area contributed by atoms with Crippen molar-refractivity contribution in [2.24, 2.45) is 7.05 Å². The monoisotopic (exact) mass is 300 g/mol. The van der Waals surface area contributed by atoms with Crippen LogP contribution < -0.4 is 0 Å². The molecule has 1 aromatic carbocycles. The van der Waals surface area contributed by atoms with Gasteiger partial charge in [-0.3, -0.25) is 4.68 Å². The number of alkyl halides is 2. The lowest BCUT2D eigenvalue weighted by molar-refractivity contribution is 0.151. The van der Waals surface area contributed by atoms with Gasteiger partial charge in [-0.15, -0.1) is 0 Å². The third-order valence-corrected chi connectivity index (χ3v) is 4.31. The van der Waals surface area contributed by atoms with Gasteiger partial charge in [0.05, 0.1) is 17.7 Å². The lowest BCUT2D eigenvalue weighted by atomic mass is 10.2. The first-order valence-electron chi connectivity index (χ1n) is 5.91. The van der Waals surface area contributed by atoms with E-state index in [1.165, 1.54) is 35.1 Å². The highest BCUT2D eigenvalue weighted by atomic mass is 32.2. The van der Waals surface area contributed by atoms with Crippen LogP contribution in [0.3, 0.4) is 0 Å². The van der Waals surface area contributed by atoms with Gasteiger partial charge in [0.1, 0.15) is 0 Å². The van der Waals surface area contributed by atoms with Crippen LogP contribution in [0.5, 0.6) is 0 Å². The van der Waals surface area contributed by atoms with E-state index in [0.29, 0.717) is 11.1 Å². The molecule has 0 radical (unpaired) electrons. The molecule has 0 N–H and O–H groups in total. The first-order chi connectivity index (χ1) is 9.35. The highest BCUT2D eigenvalue weighted by Crippen LogP contribution is 2.20. The van der Waals surface area contributed by atoms with Crippen LogP contribution in [0.25, 0.3) is 0 Å². The van der Waals surface area contributed by atoms with Crippen LogP contribution in [-0.2, 0) is 28.4 Å². The number of sulfone groups is 1. The first-order valence-corrected chi connectivity index (χ1v) is 7.73. The average Bonchev–Trinajstić information content (AvgIpc) is 2.73. The summed E-state index contributed by atoms with van der Waals surface area (Å²) < 4.78 is 50.4. The fraction of sp³-hybridized carbons (Fsp3) is 0.308. The van der Waals surface area contributed by atoms with Crippen LogP contribution in [0.1, 0.15) is 23.1 Å². The molecule has 0 bridgehead atoms. The van der Waals surface area contributed by atoms with Crippen molar-refractivity contribution in [3.63, 3.8) is 0 Å². The lowest BCUT2D eigenvalue weighted by Crippen LogP contribution is -2.07. The maximum atomic E-state index is 12.4. The predicted octanol–water partition coefficient (Wildman–Crippen LogP) is 2.47. The molecule has 7 heteroatoms. The Morgan fingerprint density at radius 1 is 1.15 bits per heavy atom. The smallest absolute Gasteiger partial charge is 0.263 e. The van der Waals surface area contributed by atoms with E-state index in [0.717, 1.165) is 0 Å². The quantitative estimate of drug-likeness (QED) is 0.852. The molecule has 0 saturated heterocycles. The fourth-order valence-electron chi connectivity index (χ4n) is 1.86. The van der Waals surface area contributed by atoms with Crippen LogP contribution in [0, 0.1) is 0 Å². The molecule has 0 aliphatic rings. The third-order valence-electron chi connectivity index (χ3n) is 2.76. The molecule has 0 unspecified atom stereocenters. The molecule has 0 spiro atoms. The summed E-state index contributed by atoms with van der Waals surface area (Å²) in [6.45, 7) is 0. The molecule has 4 nitrogen and oxygen atoms in total. The van der Waals surface area contributed by atoms with Crippen molar-refractivity contribution in [3.8, 4) is 0 Å². The van der Waals surface area contributed by atoms with Crippen molar-refractivity contribution >= 4 is 9.84 Å². The molecule has 0 amide bonds. The summed E-state index contributed by atoms with van der Waals surface area (Å²) >= 11 is 0. The van der Waals surface area contributed by atoms with E-state index in [9.17, 15) is 17.2 Å². The number of benzene rings is 1. The molecule has 0 atom stereocenters. The summed E-state index contributed by atoms with van der Waals surface area (Å²) in [6.07, 6.45) is 0.588. The summed E-state index contributed by atoms with van der Waals surface area (Å²) in [7, 11) is -1.64. The van der Waals surface area contributed by atoms with Crippen molar-refractivity contribution in [1.82, 2.24) is 9.78 Å². The molecule has 1 heterocycles. The number of halogens is 2. The maximum Gasteiger partial charge on any atom is 0.263 e. The van der Waals surface area contributed by atoms with Crippen molar-refractivity contribution in [2.75, 3.05) is 0 Å². The number of rotatable bonds is 5. The molecule has 0 saturated carbocycles. The van der Waals surface area contributed by atoms with E-state index in [1.807, 2.05) is 0 Å². The largest absolute Gasteiger partial charge is 0.276 e. The Balaban J connectivity index is 2.08. The molecular formula is C13H14F2N2O2S. The van der Waals surface area contributed by atoms with Crippen LogP contribution in [0.2, 0.25) is 0 Å². The Labute approximate surface area is 116 Å². The van der Waals surface area contributed by atoms with Crippen LogP contribution in [0.15, 0.2) is 36.7 Å². The molecule has 0 aliphatic heterocycles. The first kappa shape index (κ1) is 14.6. The van der Waals surface area contributed by atoms with Gasteiger partial charge >= 0.3 is 0 Å². The maximum absolute atomic E-state index is 12.4. The fourth-order valence-corrected chi connectivity index (χ4v) is 3.32. The van der Waals surface area contributed by atoms with Gasteiger partial charge in [-0.05, 0) is 5.56 Å². The zero-order chi connectivity index (χ0) is 14.8. The van der Waals surface area contributed by atoms with E-state index in [2.05, 4.69) is 5.10 Å². The zero-order valence-electron chi connectivity index (χ0n) is 10.8. The van der Waals surface area contributed by atoms with Gasteiger partial charge in [-0.25, -0.2) is 17.2 Å². The standard InChI is InChI=1S/C13H14F2N2O2S/c1-17-7-11(6-16-17)9-20(18,19)8-10-2-4-12(5-3-10)13(14)15/h2-7,13H,8-9H2,1H3. The molecule has 2 aromatic rings. The minimum atomic E-state index is -3.35. The summed E-state index contributed by atoms with van der Waals surface area (Å²) in [5, 5.41) is 3.91. The van der Waals surface area contributed by atoms with Gasteiger partial charge in [-0.1, -0.05) is 24.3 Å². The Morgan fingerprint density at radius 2 is 1.75 bits per heavy atom. The lowest BCUT2D eigenvalue weighted by Gasteiger charge is -2.05. The molecule has 0 aliphatic carbocycles. The molecule has 20 heavy (non-hydrogen) atoms. The van der Waals surface area contributed by atoms with Crippen LogP contribution in [-0.4, -0.2) is 18.2 Å². The van der Waals surface area contributed by atoms with Gasteiger partial charge < -0.3 is 0 Å². The van der Waals surface area contributed by atoms with Crippen LogP contribution >= 0.6 is 0 Å². The third kappa shape index (κ3) is 3.86. The predicted molar refractivity (Wildman–Crippen MR) is 70.9 cm³/mol. The average molecular weight is 300 g/mol. The van der Waals surface area contributed by atoms with Gasteiger partial charge in [-0.2, -0.15) is 5.10 Å². The molecule has 0 fully saturated rings. The highest BCUT2D eigenvalue weighted by molar-refractivity contribution is 7.89. The summed E-state index contributed by atoms with van der Waals surface area (Å²) in [5.74, 6) is -0.289. The SMILES string of the molecule is Cn1cc(CS(=O)(=O)Cc2ccc(C(F)F)cc2)cn1. The second kappa shape index (κ2) is 5.70. The van der Waals surface area contributed by atoms with E-state index in [4.69, 9.17) is 0 Å². The van der Waals surface area contributed by atoms with E-state index < -0.39 is 16.3 Å². The van der Waals surface area contributed by atoms with Gasteiger partial charge in [0.25, 0.3) is 6.43 Å². The molecular weight excluding hydrogens is 286 g/mol. The minimum Gasteiger partial charge on any atom is -0.276 e. The van der Waals surface area contributed by atoms with E-state index in [1.54, 1.807) is 13.2 Å². The Kier molecular flexibility index (Phi) is 4.17. The topological polar surface area (TPSA) is 52.0 Å². The molecule has 108 valence electrons. The van der Waals surface area contributed by atoms with E-state index in [-0.39, 0.29) is 17.1 Å². The number of aryl methyl sites for hydroxylation is 1. The van der Waals surface area contributed by atoms with E-state index >= 15 is 0 Å². The van der Waals surface area contributed by atoms with Crippen molar-refractivity contribution in [1.29, 1.82) is 0 Å². The van der Waals surface area contributed by atoms with Crippen molar-refractivity contribution in [3.05, 3.63) is 53.3 Å². The number of aromatic nitrogens is 2. The van der Waals surface area contributed by atoms with Crippen molar-refractivity contribution in [2.45, 2.75) is 17.9 Å². The zero-order valence-corrected chi connectivity index (χ0v) is 11.6. The number of hydrogen-bond donors (Lipinski definition) is 0. The number of nitrogens with zero attached hydrogens (tertiary/aromatic N) is 2. The second-order valence-electron chi connectivity index (χ2n) is 4.60. The molecule has 2 rings (SSSR count). The summed E-state index contributed by atoms with van der Waals surface area (Å²) in [5.41, 5.74) is 0.994. The van der Waals surface area contributed by atoms with Gasteiger partial charge in [0.15, 0.2) is 9.84 Å². The Bertz CT molecular complexity index is 679. The Morgan fingerprint density at radius 3 is 2.25 bits per heavy atom. The summed E-state index contributed by atoms with van der Waals surface area (Å²) in [4.78, 5) is 0. The molecule has 1 aromatic heterocycles. The summed E-state index contributed by atoms with van der Waals surface area (Å²) in [6, 6.07) is 5.34. The van der Waals surface area contributed by atoms with Crippen molar-refractivity contribution < 1.29 is 17.2 Å². The van der Waals surface area contributed by atoms with Gasteiger partial charge in [0.2, 0.25) is 0 Å². The normalized spacial score (nSPS) is 12.0.